The first-order valence-electron chi connectivity index (χ1n) is 5.67. The van der Waals surface area contributed by atoms with Crippen LogP contribution in [0.3, 0.4) is 0 Å². The number of aryl methyl sites for hydroxylation is 1. The van der Waals surface area contributed by atoms with Crippen molar-refractivity contribution in [3.8, 4) is 0 Å². The van der Waals surface area contributed by atoms with Crippen LogP contribution in [0.5, 0.6) is 0 Å². The van der Waals surface area contributed by atoms with E-state index in [2.05, 4.69) is 0 Å². The maximum atomic E-state index is 12.1. The summed E-state index contributed by atoms with van der Waals surface area (Å²) in [6, 6.07) is 9.83. The molecule has 0 amide bonds. The minimum absolute atomic E-state index is 0.102. The van der Waals surface area contributed by atoms with Gasteiger partial charge in [0.2, 0.25) is 0 Å². The van der Waals surface area contributed by atoms with E-state index in [0.717, 1.165) is 0 Å². The Morgan fingerprint density at radius 1 is 1.26 bits per heavy atom. The van der Waals surface area contributed by atoms with Gasteiger partial charge in [-0.1, -0.05) is 17.7 Å². The lowest BCUT2D eigenvalue weighted by Gasteiger charge is -2.06. The quantitative estimate of drug-likeness (QED) is 0.876. The Balaban J connectivity index is 2.08. The van der Waals surface area contributed by atoms with Crippen LogP contribution in [0.1, 0.15) is 0 Å². The van der Waals surface area contributed by atoms with Crippen LogP contribution in [0.25, 0.3) is 0 Å². The van der Waals surface area contributed by atoms with Crippen molar-refractivity contribution in [1.29, 1.82) is 0 Å². The van der Waals surface area contributed by atoms with Gasteiger partial charge in [-0.15, -0.1) is 0 Å². The standard InChI is InChI=1S/C13H13ClN2O2S/c14-11-9-10(4-5-12(11)15)19(18)8-7-16-6-2-1-3-13(16)17/h1-6,9H,7-8,15H2. The van der Waals surface area contributed by atoms with Gasteiger partial charge in [-0.05, 0) is 24.3 Å². The third-order valence-corrected chi connectivity index (χ3v) is 4.31. The molecule has 1 heterocycles. The minimum atomic E-state index is -1.21. The Kier molecular flexibility index (Phi) is 4.39. The van der Waals surface area contributed by atoms with Crippen LogP contribution in [0.2, 0.25) is 5.02 Å². The van der Waals surface area contributed by atoms with E-state index < -0.39 is 10.8 Å². The zero-order valence-electron chi connectivity index (χ0n) is 10.1. The molecule has 0 saturated carbocycles. The summed E-state index contributed by atoms with van der Waals surface area (Å²) in [4.78, 5) is 12.1. The lowest BCUT2D eigenvalue weighted by Crippen LogP contribution is -2.20. The van der Waals surface area contributed by atoms with E-state index in [0.29, 0.717) is 27.9 Å². The largest absolute Gasteiger partial charge is 0.398 e. The van der Waals surface area contributed by atoms with E-state index in [4.69, 9.17) is 17.3 Å². The molecular weight excluding hydrogens is 284 g/mol. The fraction of sp³-hybridized carbons (Fsp3) is 0.154. The number of anilines is 1. The third-order valence-electron chi connectivity index (χ3n) is 2.65. The molecule has 4 nitrogen and oxygen atoms in total. The van der Waals surface area contributed by atoms with Crippen molar-refractivity contribution in [1.82, 2.24) is 4.57 Å². The zero-order valence-corrected chi connectivity index (χ0v) is 11.7. The minimum Gasteiger partial charge on any atom is -0.398 e. The van der Waals surface area contributed by atoms with Crippen LogP contribution in [0.15, 0.2) is 52.3 Å². The number of nitrogens with two attached hydrogens (primary N) is 1. The van der Waals surface area contributed by atoms with Crippen LogP contribution in [0, 0.1) is 0 Å². The van der Waals surface area contributed by atoms with Gasteiger partial charge in [0.05, 0.1) is 21.5 Å². The maximum Gasteiger partial charge on any atom is 0.250 e. The molecule has 2 rings (SSSR count). The summed E-state index contributed by atoms with van der Waals surface area (Å²) in [6.45, 7) is 0.397. The van der Waals surface area contributed by atoms with E-state index in [1.165, 1.54) is 10.6 Å². The Labute approximate surface area is 118 Å². The van der Waals surface area contributed by atoms with Crippen molar-refractivity contribution in [3.05, 3.63) is 58.0 Å². The second-order valence-corrected chi connectivity index (χ2v) is 5.94. The Hall–Kier alpha value is -1.59. The molecule has 0 bridgehead atoms. The van der Waals surface area contributed by atoms with Crippen LogP contribution < -0.4 is 11.3 Å². The van der Waals surface area contributed by atoms with Crippen LogP contribution >= 0.6 is 11.6 Å². The second-order valence-electron chi connectivity index (χ2n) is 3.97. The van der Waals surface area contributed by atoms with Crippen LogP contribution in [-0.4, -0.2) is 14.5 Å². The van der Waals surface area contributed by atoms with Gasteiger partial charge in [-0.2, -0.15) is 0 Å². The first kappa shape index (κ1) is 13.8. The molecule has 0 aliphatic carbocycles. The van der Waals surface area contributed by atoms with Crippen molar-refractivity contribution in [2.45, 2.75) is 11.4 Å². The maximum absolute atomic E-state index is 12.1. The summed E-state index contributed by atoms with van der Waals surface area (Å²) in [5, 5.41) is 0.391. The molecule has 0 aliphatic heterocycles. The number of halogens is 1. The molecule has 0 saturated heterocycles. The number of benzene rings is 1. The van der Waals surface area contributed by atoms with Crippen molar-refractivity contribution in [2.75, 3.05) is 11.5 Å². The van der Waals surface area contributed by atoms with Gasteiger partial charge in [-0.3, -0.25) is 9.00 Å². The monoisotopic (exact) mass is 296 g/mol. The highest BCUT2D eigenvalue weighted by Crippen LogP contribution is 2.21. The molecular formula is C13H13ClN2O2S. The van der Waals surface area contributed by atoms with Crippen molar-refractivity contribution < 1.29 is 4.21 Å². The van der Waals surface area contributed by atoms with Gasteiger partial charge in [0.15, 0.2) is 0 Å². The van der Waals surface area contributed by atoms with Crippen LogP contribution in [0.4, 0.5) is 5.69 Å². The number of pyridine rings is 1. The highest BCUT2D eigenvalue weighted by atomic mass is 35.5. The molecule has 0 radical (unpaired) electrons. The fourth-order valence-corrected chi connectivity index (χ4v) is 2.91. The summed E-state index contributed by atoms with van der Waals surface area (Å²) in [5.41, 5.74) is 5.96. The molecule has 100 valence electrons. The summed E-state index contributed by atoms with van der Waals surface area (Å²) >= 11 is 5.89. The van der Waals surface area contributed by atoms with E-state index in [9.17, 15) is 9.00 Å². The van der Waals surface area contributed by atoms with E-state index >= 15 is 0 Å². The third kappa shape index (κ3) is 3.45. The lowest BCUT2D eigenvalue weighted by atomic mass is 10.3. The van der Waals surface area contributed by atoms with Gasteiger partial charge in [-0.25, -0.2) is 0 Å². The number of nitrogen functional groups attached to an aromatic ring is 1. The van der Waals surface area contributed by atoms with Crippen molar-refractivity contribution >= 4 is 28.1 Å². The molecule has 19 heavy (non-hydrogen) atoms. The molecule has 0 fully saturated rings. The number of hydrogen-bond donors (Lipinski definition) is 1. The molecule has 0 spiro atoms. The summed E-state index contributed by atoms with van der Waals surface area (Å²) < 4.78 is 13.6. The molecule has 1 aromatic carbocycles. The summed E-state index contributed by atoms with van der Waals surface area (Å²) in [5.74, 6) is 0.351. The predicted molar refractivity (Wildman–Crippen MR) is 77.8 cm³/mol. The fourth-order valence-electron chi connectivity index (χ4n) is 1.59. The Bertz CT molecular complexity index is 670. The van der Waals surface area contributed by atoms with E-state index in [-0.39, 0.29) is 5.56 Å². The first-order valence-corrected chi connectivity index (χ1v) is 7.36. The smallest absolute Gasteiger partial charge is 0.250 e. The molecule has 1 unspecified atom stereocenters. The number of nitrogens with zero attached hydrogens (tertiary/aromatic N) is 1. The van der Waals surface area contributed by atoms with Gasteiger partial charge in [0, 0.05) is 29.5 Å². The average molecular weight is 297 g/mol. The highest BCUT2D eigenvalue weighted by molar-refractivity contribution is 7.85. The van der Waals surface area contributed by atoms with E-state index in [1.807, 2.05) is 0 Å². The van der Waals surface area contributed by atoms with Gasteiger partial charge in [0.25, 0.3) is 5.56 Å². The normalized spacial score (nSPS) is 12.3. The Morgan fingerprint density at radius 2 is 2.05 bits per heavy atom. The molecule has 2 N–H and O–H groups in total. The van der Waals surface area contributed by atoms with Gasteiger partial charge >= 0.3 is 0 Å². The molecule has 2 aromatic rings. The molecule has 0 aliphatic rings. The SMILES string of the molecule is Nc1ccc(S(=O)CCn2ccccc2=O)cc1Cl. The topological polar surface area (TPSA) is 65.1 Å². The average Bonchev–Trinajstić information content (AvgIpc) is 2.40. The number of hydrogen-bond acceptors (Lipinski definition) is 3. The van der Waals surface area contributed by atoms with Crippen molar-refractivity contribution in [3.63, 3.8) is 0 Å². The Morgan fingerprint density at radius 3 is 2.74 bits per heavy atom. The second kappa shape index (κ2) is 6.04. The predicted octanol–water partition coefficient (Wildman–Crippen LogP) is 1.89. The lowest BCUT2D eigenvalue weighted by molar-refractivity contribution is 0.669. The molecule has 1 atom stereocenters. The van der Waals surface area contributed by atoms with Gasteiger partial charge in [0.1, 0.15) is 0 Å². The number of aromatic nitrogens is 1. The van der Waals surface area contributed by atoms with Crippen molar-refractivity contribution in [2.24, 2.45) is 0 Å². The summed E-state index contributed by atoms with van der Waals surface area (Å²) in [6.07, 6.45) is 1.68. The van der Waals surface area contributed by atoms with Gasteiger partial charge < -0.3 is 10.3 Å². The molecule has 1 aromatic heterocycles. The number of rotatable bonds is 4. The van der Waals surface area contributed by atoms with E-state index in [1.54, 1.807) is 36.5 Å². The highest BCUT2D eigenvalue weighted by Gasteiger charge is 2.07. The zero-order chi connectivity index (χ0) is 13.8. The molecule has 6 heteroatoms. The van der Waals surface area contributed by atoms with Crippen LogP contribution in [-0.2, 0) is 17.3 Å². The first-order chi connectivity index (χ1) is 9.08. The summed E-state index contributed by atoms with van der Waals surface area (Å²) in [7, 11) is -1.21.